The van der Waals surface area contributed by atoms with E-state index in [1.54, 1.807) is 25.6 Å². The Morgan fingerprint density at radius 2 is 2.13 bits per heavy atom. The highest BCUT2D eigenvalue weighted by atomic mass is 127. The van der Waals surface area contributed by atoms with Crippen LogP contribution in [0.2, 0.25) is 0 Å². The molecule has 0 unspecified atom stereocenters. The standard InChI is InChI=1S/C15H20N4O2S.HI/c1-10-18-11(9-22-10)6-7-17-15(16)19-13-8-12(20-2)4-5-14(13)21-3;/h4-5,8-9H,6-7H2,1-3H3,(H3,16,17,19);1H. The van der Waals surface area contributed by atoms with Gasteiger partial charge in [-0.1, -0.05) is 0 Å². The maximum Gasteiger partial charge on any atom is 0.193 e. The fraction of sp³-hybridized carbons (Fsp3) is 0.333. The van der Waals surface area contributed by atoms with Gasteiger partial charge in [-0.2, -0.15) is 0 Å². The summed E-state index contributed by atoms with van der Waals surface area (Å²) in [7, 11) is 3.21. The lowest BCUT2D eigenvalue weighted by atomic mass is 10.2. The summed E-state index contributed by atoms with van der Waals surface area (Å²) in [4.78, 5) is 8.70. The largest absolute Gasteiger partial charge is 0.497 e. The lowest BCUT2D eigenvalue weighted by Crippen LogP contribution is -2.23. The fourth-order valence-corrected chi connectivity index (χ4v) is 2.55. The van der Waals surface area contributed by atoms with Gasteiger partial charge in [-0.05, 0) is 19.1 Å². The Bertz CT molecular complexity index is 661. The van der Waals surface area contributed by atoms with Crippen LogP contribution in [0.3, 0.4) is 0 Å². The summed E-state index contributed by atoms with van der Waals surface area (Å²) in [5, 5.41) is 6.14. The van der Waals surface area contributed by atoms with Crippen LogP contribution >= 0.6 is 35.3 Å². The zero-order chi connectivity index (χ0) is 15.9. The molecule has 126 valence electrons. The number of methoxy groups -OCH3 is 2. The minimum Gasteiger partial charge on any atom is -0.497 e. The number of benzene rings is 1. The summed E-state index contributed by atoms with van der Waals surface area (Å²) < 4.78 is 10.5. The van der Waals surface area contributed by atoms with E-state index in [2.05, 4.69) is 15.3 Å². The average molecular weight is 448 g/mol. The second-order valence-corrected chi connectivity index (χ2v) is 5.63. The number of thiazole rings is 1. The first-order valence-electron chi connectivity index (χ1n) is 6.82. The van der Waals surface area contributed by atoms with Crippen LogP contribution < -0.4 is 20.5 Å². The lowest BCUT2D eigenvalue weighted by molar-refractivity contribution is 0.405. The molecule has 0 aliphatic heterocycles. The van der Waals surface area contributed by atoms with Crippen molar-refractivity contribution in [1.29, 1.82) is 0 Å². The molecular formula is C15H21IN4O2S. The minimum atomic E-state index is 0. The molecule has 3 N–H and O–H groups in total. The minimum absolute atomic E-state index is 0. The first-order chi connectivity index (χ1) is 10.6. The van der Waals surface area contributed by atoms with Crippen LogP contribution in [-0.2, 0) is 6.42 Å². The van der Waals surface area contributed by atoms with Crippen LogP contribution in [0, 0.1) is 6.92 Å². The van der Waals surface area contributed by atoms with E-state index in [1.165, 1.54) is 0 Å². The van der Waals surface area contributed by atoms with Gasteiger partial charge in [0, 0.05) is 24.4 Å². The van der Waals surface area contributed by atoms with Crippen molar-refractivity contribution < 1.29 is 9.47 Å². The number of nitrogens with one attached hydrogen (secondary N) is 1. The van der Waals surface area contributed by atoms with Gasteiger partial charge >= 0.3 is 0 Å². The second kappa shape index (κ2) is 9.56. The van der Waals surface area contributed by atoms with Crippen molar-refractivity contribution in [1.82, 2.24) is 4.98 Å². The molecule has 8 heteroatoms. The van der Waals surface area contributed by atoms with Crippen molar-refractivity contribution in [2.45, 2.75) is 13.3 Å². The van der Waals surface area contributed by atoms with Crippen LogP contribution in [0.1, 0.15) is 10.7 Å². The molecule has 0 spiro atoms. The second-order valence-electron chi connectivity index (χ2n) is 4.57. The third-order valence-corrected chi connectivity index (χ3v) is 3.81. The van der Waals surface area contributed by atoms with E-state index in [-0.39, 0.29) is 24.0 Å². The number of aryl methyl sites for hydroxylation is 1. The zero-order valence-electron chi connectivity index (χ0n) is 13.3. The number of rotatable bonds is 6. The summed E-state index contributed by atoms with van der Waals surface area (Å²) in [6, 6.07) is 5.44. The molecule has 0 aliphatic rings. The number of aromatic nitrogens is 1. The van der Waals surface area contributed by atoms with E-state index in [0.717, 1.165) is 17.1 Å². The van der Waals surface area contributed by atoms with Crippen LogP contribution in [-0.4, -0.2) is 31.7 Å². The highest BCUT2D eigenvalue weighted by Crippen LogP contribution is 2.28. The van der Waals surface area contributed by atoms with Crippen molar-refractivity contribution in [3.05, 3.63) is 34.3 Å². The Labute approximate surface area is 157 Å². The van der Waals surface area contributed by atoms with E-state index in [4.69, 9.17) is 15.2 Å². The predicted octanol–water partition coefficient (Wildman–Crippen LogP) is 3.06. The number of ether oxygens (including phenoxy) is 2. The third kappa shape index (κ3) is 5.87. The maximum atomic E-state index is 5.91. The van der Waals surface area contributed by atoms with Gasteiger partial charge in [-0.15, -0.1) is 35.3 Å². The molecular weight excluding hydrogens is 427 g/mol. The maximum absolute atomic E-state index is 5.91. The van der Waals surface area contributed by atoms with Gasteiger partial charge in [0.05, 0.1) is 30.6 Å². The molecule has 0 fully saturated rings. The molecule has 0 radical (unpaired) electrons. The Morgan fingerprint density at radius 3 is 2.74 bits per heavy atom. The van der Waals surface area contributed by atoms with Gasteiger partial charge in [-0.25, -0.2) is 4.98 Å². The topological polar surface area (TPSA) is 81.8 Å². The number of hydrogen-bond donors (Lipinski definition) is 2. The molecule has 1 heterocycles. The molecule has 2 rings (SSSR count). The molecule has 0 saturated carbocycles. The Balaban J connectivity index is 0.00000264. The summed E-state index contributed by atoms with van der Waals surface area (Å²) >= 11 is 1.64. The number of hydrogen-bond acceptors (Lipinski definition) is 5. The molecule has 0 bridgehead atoms. The van der Waals surface area contributed by atoms with E-state index in [1.807, 2.05) is 30.5 Å². The smallest absolute Gasteiger partial charge is 0.193 e. The zero-order valence-corrected chi connectivity index (χ0v) is 16.5. The molecule has 0 saturated heterocycles. The molecule has 1 aromatic carbocycles. The first-order valence-corrected chi connectivity index (χ1v) is 7.70. The Hall–Kier alpha value is -1.55. The van der Waals surface area contributed by atoms with Crippen molar-refractivity contribution >= 4 is 47.0 Å². The molecule has 23 heavy (non-hydrogen) atoms. The van der Waals surface area contributed by atoms with E-state index in [0.29, 0.717) is 29.7 Å². The monoisotopic (exact) mass is 448 g/mol. The molecule has 0 atom stereocenters. The number of aliphatic imine (C=N–C) groups is 1. The van der Waals surface area contributed by atoms with Gasteiger partial charge in [0.2, 0.25) is 0 Å². The first kappa shape index (κ1) is 19.5. The van der Waals surface area contributed by atoms with E-state index < -0.39 is 0 Å². The van der Waals surface area contributed by atoms with Crippen molar-refractivity contribution in [2.75, 3.05) is 26.1 Å². The third-order valence-electron chi connectivity index (χ3n) is 2.99. The van der Waals surface area contributed by atoms with Crippen LogP contribution in [0.25, 0.3) is 0 Å². The fourth-order valence-electron chi connectivity index (χ4n) is 1.90. The number of guanidine groups is 1. The summed E-state index contributed by atoms with van der Waals surface area (Å²) in [5.74, 6) is 1.72. The van der Waals surface area contributed by atoms with Gasteiger partial charge in [0.25, 0.3) is 0 Å². The Kier molecular flexibility index (Phi) is 8.10. The Morgan fingerprint density at radius 1 is 1.35 bits per heavy atom. The number of nitrogens with zero attached hydrogens (tertiary/aromatic N) is 2. The van der Waals surface area contributed by atoms with Gasteiger partial charge in [0.1, 0.15) is 11.5 Å². The quantitative estimate of drug-likeness (QED) is 0.404. The van der Waals surface area contributed by atoms with Crippen LogP contribution in [0.5, 0.6) is 11.5 Å². The summed E-state index contributed by atoms with van der Waals surface area (Å²) in [5.41, 5.74) is 7.67. The lowest BCUT2D eigenvalue weighted by Gasteiger charge is -2.12. The van der Waals surface area contributed by atoms with Crippen LogP contribution in [0.15, 0.2) is 28.6 Å². The molecule has 0 amide bonds. The summed E-state index contributed by atoms with van der Waals surface area (Å²) in [6.45, 7) is 2.57. The van der Waals surface area contributed by atoms with Crippen molar-refractivity contribution in [3.8, 4) is 11.5 Å². The summed E-state index contributed by atoms with van der Waals surface area (Å²) in [6.07, 6.45) is 0.766. The SMILES string of the molecule is COc1ccc(OC)c(NC(N)=NCCc2csc(C)n2)c1.I. The highest BCUT2D eigenvalue weighted by molar-refractivity contribution is 14.0. The van der Waals surface area contributed by atoms with Gasteiger partial charge in [0.15, 0.2) is 5.96 Å². The van der Waals surface area contributed by atoms with Crippen molar-refractivity contribution in [2.24, 2.45) is 10.7 Å². The molecule has 0 aliphatic carbocycles. The normalized spacial score (nSPS) is 10.8. The highest BCUT2D eigenvalue weighted by Gasteiger charge is 2.06. The number of nitrogens with two attached hydrogens (primary N) is 1. The van der Waals surface area contributed by atoms with Gasteiger partial charge < -0.3 is 20.5 Å². The van der Waals surface area contributed by atoms with Gasteiger partial charge in [-0.3, -0.25) is 4.99 Å². The van der Waals surface area contributed by atoms with E-state index in [9.17, 15) is 0 Å². The average Bonchev–Trinajstić information content (AvgIpc) is 2.92. The van der Waals surface area contributed by atoms with Crippen molar-refractivity contribution in [3.63, 3.8) is 0 Å². The van der Waals surface area contributed by atoms with Crippen LogP contribution in [0.4, 0.5) is 5.69 Å². The van der Waals surface area contributed by atoms with E-state index >= 15 is 0 Å². The number of halogens is 1. The molecule has 1 aromatic heterocycles. The number of anilines is 1. The predicted molar refractivity (Wildman–Crippen MR) is 106 cm³/mol. The molecule has 6 nitrogen and oxygen atoms in total. The molecule has 2 aromatic rings.